The third-order valence-electron chi connectivity index (χ3n) is 6.66. The average molecular weight is 516 g/mol. The van der Waals surface area contributed by atoms with Gasteiger partial charge in [0.2, 0.25) is 0 Å². The molecule has 0 bridgehead atoms. The van der Waals surface area contributed by atoms with Crippen LogP contribution in [0.3, 0.4) is 0 Å². The molecule has 2 aromatic heterocycles. The molecule has 5 nitrogen and oxygen atoms in total. The van der Waals surface area contributed by atoms with Gasteiger partial charge in [-0.3, -0.25) is 4.90 Å². The van der Waals surface area contributed by atoms with Crippen LogP contribution in [-0.2, 0) is 19.2 Å². The zero-order chi connectivity index (χ0) is 23.9. The average Bonchev–Trinajstić information content (AvgIpc) is 3.28. The fourth-order valence-electron chi connectivity index (χ4n) is 4.80. The number of fused-ring (bicyclic) bond motifs is 1. The smallest absolute Gasteiger partial charge is 0.156 e. The Kier molecular flexibility index (Phi) is 6.58. The molecule has 1 N–H and O–H groups in total. The van der Waals surface area contributed by atoms with Crippen molar-refractivity contribution in [3.05, 3.63) is 92.6 Å². The van der Waals surface area contributed by atoms with Crippen LogP contribution in [0.1, 0.15) is 41.6 Å². The molecule has 0 spiro atoms. The third kappa shape index (κ3) is 4.21. The Hall–Kier alpha value is -2.15. The molecule has 1 atom stereocenters. The van der Waals surface area contributed by atoms with Gasteiger partial charge in [0, 0.05) is 29.6 Å². The molecule has 1 aliphatic heterocycles. The summed E-state index contributed by atoms with van der Waals surface area (Å²) in [5.74, 6) is 0. The van der Waals surface area contributed by atoms with E-state index < -0.39 is 5.60 Å². The first-order valence-corrected chi connectivity index (χ1v) is 12.5. The van der Waals surface area contributed by atoms with E-state index in [4.69, 9.17) is 34.8 Å². The molecular weight excluding hydrogens is 491 g/mol. The minimum Gasteiger partial charge on any atom is -0.374 e. The summed E-state index contributed by atoms with van der Waals surface area (Å²) in [5, 5.41) is 14.6. The second kappa shape index (κ2) is 9.48. The standard InChI is InChI=1S/C26H25Cl3N4O/c1-32-16-30-14-23(32)26(34,17-5-8-19(27)9-6-17)18-7-10-22-20(13-18)24(28)21(25(29)31-22)15-33-11-3-2-4-12-33/h5-10,13-14,16,34H,2-4,11-12,15H2,1H3. The molecule has 3 heterocycles. The lowest BCUT2D eigenvalue weighted by Gasteiger charge is -2.30. The van der Waals surface area contributed by atoms with Crippen LogP contribution in [0.5, 0.6) is 0 Å². The van der Waals surface area contributed by atoms with Crippen LogP contribution in [0.25, 0.3) is 10.9 Å². The Morgan fingerprint density at radius 1 is 0.971 bits per heavy atom. The van der Waals surface area contributed by atoms with Gasteiger partial charge in [0.15, 0.2) is 5.60 Å². The number of hydrogen-bond acceptors (Lipinski definition) is 4. The maximum absolute atomic E-state index is 12.2. The van der Waals surface area contributed by atoms with E-state index in [1.165, 1.54) is 19.3 Å². The molecule has 4 aromatic rings. The van der Waals surface area contributed by atoms with Crippen molar-refractivity contribution in [2.75, 3.05) is 13.1 Å². The van der Waals surface area contributed by atoms with Gasteiger partial charge in [0.1, 0.15) is 5.15 Å². The molecule has 1 aliphatic rings. The minimum absolute atomic E-state index is 0.426. The van der Waals surface area contributed by atoms with Crippen LogP contribution in [0, 0.1) is 0 Å². The Morgan fingerprint density at radius 3 is 2.35 bits per heavy atom. The molecule has 1 unspecified atom stereocenters. The molecule has 0 amide bonds. The Balaban J connectivity index is 1.66. The molecule has 0 radical (unpaired) electrons. The second-order valence-electron chi connectivity index (χ2n) is 8.87. The molecular formula is C26H25Cl3N4O. The quantitative estimate of drug-likeness (QED) is 0.322. The number of halogens is 3. The van der Waals surface area contributed by atoms with Crippen LogP contribution in [0.15, 0.2) is 55.0 Å². The number of piperidine rings is 1. The third-order valence-corrected chi connectivity index (χ3v) is 7.66. The summed E-state index contributed by atoms with van der Waals surface area (Å²) in [4.78, 5) is 11.2. The van der Waals surface area contributed by atoms with Crippen molar-refractivity contribution in [3.63, 3.8) is 0 Å². The van der Waals surface area contributed by atoms with E-state index in [9.17, 15) is 5.11 Å². The van der Waals surface area contributed by atoms with E-state index in [1.807, 2.05) is 41.9 Å². The zero-order valence-electron chi connectivity index (χ0n) is 18.8. The number of pyridine rings is 1. The number of imidazole rings is 1. The number of aliphatic hydroxyl groups is 1. The zero-order valence-corrected chi connectivity index (χ0v) is 21.1. The van der Waals surface area contributed by atoms with Crippen molar-refractivity contribution in [2.24, 2.45) is 7.05 Å². The summed E-state index contributed by atoms with van der Waals surface area (Å²) < 4.78 is 1.81. The van der Waals surface area contributed by atoms with E-state index in [0.29, 0.717) is 44.1 Å². The second-order valence-corrected chi connectivity index (χ2v) is 10.0. The van der Waals surface area contributed by atoms with Crippen molar-refractivity contribution in [3.8, 4) is 0 Å². The summed E-state index contributed by atoms with van der Waals surface area (Å²) >= 11 is 19.7. The van der Waals surface area contributed by atoms with Gasteiger partial charge in [-0.05, 0) is 61.3 Å². The van der Waals surface area contributed by atoms with E-state index in [-0.39, 0.29) is 0 Å². The number of nitrogens with zero attached hydrogens (tertiary/aromatic N) is 4. The summed E-state index contributed by atoms with van der Waals surface area (Å²) in [6, 6.07) is 12.8. The number of aromatic nitrogens is 3. The van der Waals surface area contributed by atoms with Crippen molar-refractivity contribution in [1.82, 2.24) is 19.4 Å². The van der Waals surface area contributed by atoms with E-state index in [2.05, 4.69) is 14.9 Å². The molecule has 8 heteroatoms. The lowest BCUT2D eigenvalue weighted by molar-refractivity contribution is 0.117. The first-order valence-electron chi connectivity index (χ1n) is 11.3. The number of rotatable bonds is 5. The topological polar surface area (TPSA) is 54.2 Å². The lowest BCUT2D eigenvalue weighted by atomic mass is 9.83. The molecule has 1 saturated heterocycles. The van der Waals surface area contributed by atoms with E-state index in [0.717, 1.165) is 24.0 Å². The fraction of sp³-hybridized carbons (Fsp3) is 0.308. The van der Waals surface area contributed by atoms with Gasteiger partial charge in [0.05, 0.1) is 28.8 Å². The van der Waals surface area contributed by atoms with Gasteiger partial charge in [-0.25, -0.2) is 9.97 Å². The molecule has 5 rings (SSSR count). The highest BCUT2D eigenvalue weighted by atomic mass is 35.5. The first-order chi connectivity index (χ1) is 16.4. The number of benzene rings is 2. The molecule has 34 heavy (non-hydrogen) atoms. The summed E-state index contributed by atoms with van der Waals surface area (Å²) in [6.45, 7) is 2.72. The number of aryl methyl sites for hydroxylation is 1. The molecule has 176 valence electrons. The number of likely N-dealkylation sites (tertiary alicyclic amines) is 1. The maximum Gasteiger partial charge on any atom is 0.156 e. The summed E-state index contributed by atoms with van der Waals surface area (Å²) in [5.41, 5.74) is 1.99. The first kappa shape index (κ1) is 23.6. The highest BCUT2D eigenvalue weighted by molar-refractivity contribution is 6.39. The maximum atomic E-state index is 12.2. The highest BCUT2D eigenvalue weighted by Crippen LogP contribution is 2.40. The van der Waals surface area contributed by atoms with Crippen molar-refractivity contribution >= 4 is 45.7 Å². The van der Waals surface area contributed by atoms with Crippen LogP contribution in [0.2, 0.25) is 15.2 Å². The van der Waals surface area contributed by atoms with Crippen LogP contribution < -0.4 is 0 Å². The number of hydrogen-bond donors (Lipinski definition) is 1. The van der Waals surface area contributed by atoms with Gasteiger partial charge < -0.3 is 9.67 Å². The van der Waals surface area contributed by atoms with E-state index in [1.54, 1.807) is 24.7 Å². The Morgan fingerprint density at radius 2 is 1.68 bits per heavy atom. The van der Waals surface area contributed by atoms with Gasteiger partial charge in [-0.2, -0.15) is 0 Å². The predicted octanol–water partition coefficient (Wildman–Crippen LogP) is 6.20. The largest absolute Gasteiger partial charge is 0.374 e. The fourth-order valence-corrected chi connectivity index (χ4v) is 5.52. The van der Waals surface area contributed by atoms with Crippen LogP contribution >= 0.6 is 34.8 Å². The summed E-state index contributed by atoms with van der Waals surface area (Å²) in [7, 11) is 1.86. The van der Waals surface area contributed by atoms with Crippen LogP contribution in [-0.4, -0.2) is 37.6 Å². The van der Waals surface area contributed by atoms with Crippen LogP contribution in [0.4, 0.5) is 0 Å². The van der Waals surface area contributed by atoms with E-state index >= 15 is 0 Å². The molecule has 0 aliphatic carbocycles. The molecule has 2 aromatic carbocycles. The highest BCUT2D eigenvalue weighted by Gasteiger charge is 2.37. The summed E-state index contributed by atoms with van der Waals surface area (Å²) in [6.07, 6.45) is 6.96. The monoisotopic (exact) mass is 514 g/mol. The minimum atomic E-state index is -1.47. The van der Waals surface area contributed by atoms with Crippen molar-refractivity contribution < 1.29 is 5.11 Å². The van der Waals surface area contributed by atoms with Gasteiger partial charge in [-0.1, -0.05) is 59.4 Å². The normalized spacial score (nSPS) is 16.6. The SMILES string of the molecule is Cn1cncc1C(O)(c1ccc(Cl)cc1)c1ccc2nc(Cl)c(CN3CCCCC3)c(Cl)c2c1. The predicted molar refractivity (Wildman–Crippen MR) is 138 cm³/mol. The van der Waals surface area contributed by atoms with Crippen molar-refractivity contribution in [2.45, 2.75) is 31.4 Å². The molecule has 1 fully saturated rings. The van der Waals surface area contributed by atoms with Gasteiger partial charge >= 0.3 is 0 Å². The Labute approximate surface area is 213 Å². The Bertz CT molecular complexity index is 1330. The molecule has 0 saturated carbocycles. The van der Waals surface area contributed by atoms with Gasteiger partial charge in [0.25, 0.3) is 0 Å². The van der Waals surface area contributed by atoms with Gasteiger partial charge in [-0.15, -0.1) is 0 Å². The lowest BCUT2D eigenvalue weighted by Crippen LogP contribution is -2.31. The van der Waals surface area contributed by atoms with Crippen molar-refractivity contribution in [1.29, 1.82) is 0 Å².